The van der Waals surface area contributed by atoms with Crippen LogP contribution in [0.15, 0.2) is 39.9 Å². The van der Waals surface area contributed by atoms with E-state index in [2.05, 4.69) is 15.3 Å². The zero-order chi connectivity index (χ0) is 17.1. The molecule has 2 aromatic heterocycles. The normalized spacial score (nSPS) is 11.3. The van der Waals surface area contributed by atoms with Crippen LogP contribution in [0, 0.1) is 11.7 Å². The van der Waals surface area contributed by atoms with Gasteiger partial charge in [-0.3, -0.25) is 5.10 Å². The Bertz CT molecular complexity index is 945. The summed E-state index contributed by atoms with van der Waals surface area (Å²) in [5.41, 5.74) is 0. The molecule has 0 saturated heterocycles. The van der Waals surface area contributed by atoms with E-state index in [4.69, 9.17) is 44.6 Å². The van der Waals surface area contributed by atoms with Crippen molar-refractivity contribution in [2.75, 3.05) is 0 Å². The Morgan fingerprint density at radius 2 is 2.21 bits per heavy atom. The molecule has 6 nitrogen and oxygen atoms in total. The Kier molecular flexibility index (Phi) is 5.03. The molecule has 0 atom stereocenters. The van der Waals surface area contributed by atoms with Crippen LogP contribution in [0.3, 0.4) is 0 Å². The van der Waals surface area contributed by atoms with E-state index >= 15 is 0 Å². The summed E-state index contributed by atoms with van der Waals surface area (Å²) in [7, 11) is 0. The van der Waals surface area contributed by atoms with Gasteiger partial charge in [0.1, 0.15) is 29.7 Å². The number of halogens is 2. The van der Waals surface area contributed by atoms with E-state index in [1.54, 1.807) is 43.5 Å². The molecule has 0 amide bonds. The second kappa shape index (κ2) is 7.21. The Morgan fingerprint density at radius 3 is 2.96 bits per heavy atom. The molecule has 24 heavy (non-hydrogen) atoms. The smallest absolute Gasteiger partial charge is 0.216 e. The summed E-state index contributed by atoms with van der Waals surface area (Å²) in [6, 6.07) is 8.60. The van der Waals surface area contributed by atoms with Crippen LogP contribution in [0.2, 0.25) is 10.0 Å². The minimum absolute atomic E-state index is 0.220. The number of aromatic amines is 1. The first-order valence-electron chi connectivity index (χ1n) is 6.88. The Hall–Kier alpha value is -2.09. The number of hydrogen-bond acceptors (Lipinski definition) is 5. The van der Waals surface area contributed by atoms with Crippen molar-refractivity contribution in [2.45, 2.75) is 13.5 Å². The fraction of sp³-hybridized carbons (Fsp3) is 0.133. The maximum Gasteiger partial charge on any atom is 0.216 e. The Labute approximate surface area is 152 Å². The van der Waals surface area contributed by atoms with Crippen LogP contribution in [0.1, 0.15) is 17.3 Å². The summed E-state index contributed by atoms with van der Waals surface area (Å²) < 4.78 is 13.2. The van der Waals surface area contributed by atoms with E-state index in [1.807, 2.05) is 0 Å². The van der Waals surface area contributed by atoms with Gasteiger partial charge in [-0.1, -0.05) is 23.2 Å². The summed E-state index contributed by atoms with van der Waals surface area (Å²) in [5, 5.41) is 11.9. The highest BCUT2D eigenvalue weighted by atomic mass is 35.5. The zero-order valence-electron chi connectivity index (χ0n) is 12.5. The van der Waals surface area contributed by atoms with Crippen LogP contribution in [-0.2, 0) is 6.61 Å². The van der Waals surface area contributed by atoms with Crippen LogP contribution in [0.25, 0.3) is 0 Å². The van der Waals surface area contributed by atoms with Crippen LogP contribution < -0.4 is 4.74 Å². The largest absolute Gasteiger partial charge is 0.484 e. The van der Waals surface area contributed by atoms with E-state index in [-0.39, 0.29) is 6.61 Å². The van der Waals surface area contributed by atoms with Gasteiger partial charge >= 0.3 is 0 Å². The van der Waals surface area contributed by atoms with Crippen molar-refractivity contribution in [3.63, 3.8) is 0 Å². The van der Waals surface area contributed by atoms with Crippen LogP contribution in [-0.4, -0.2) is 21.1 Å². The maximum atomic E-state index is 6.05. The molecule has 3 rings (SSSR count). The standard InChI is InChI=1S/C15H12Cl2N4O2S/c1-9-19-20-15(24)21(9)18-7-11-3-4-12(23-11)8-22-14-6-10(16)2-5-13(14)17/h2-7H,8H2,1H3,(H,20,24)/b18-7+. The lowest BCUT2D eigenvalue weighted by atomic mass is 10.3. The third-order valence-electron chi connectivity index (χ3n) is 3.06. The Balaban J connectivity index is 1.68. The number of hydrogen-bond donors (Lipinski definition) is 1. The molecule has 3 aromatic rings. The number of ether oxygens (including phenoxy) is 1. The topological polar surface area (TPSA) is 68.3 Å². The predicted molar refractivity (Wildman–Crippen MR) is 94.6 cm³/mol. The van der Waals surface area contributed by atoms with E-state index in [0.29, 0.717) is 37.9 Å². The van der Waals surface area contributed by atoms with Gasteiger partial charge in [-0.2, -0.15) is 14.9 Å². The number of H-pyrrole nitrogens is 1. The molecule has 0 aliphatic rings. The zero-order valence-corrected chi connectivity index (χ0v) is 14.8. The van der Waals surface area contributed by atoms with Crippen molar-refractivity contribution in [1.29, 1.82) is 0 Å². The number of furan rings is 1. The second-order valence-corrected chi connectivity index (χ2v) is 6.03. The van der Waals surface area contributed by atoms with Crippen LogP contribution in [0.4, 0.5) is 0 Å². The lowest BCUT2D eigenvalue weighted by Crippen LogP contribution is -1.95. The first-order valence-corrected chi connectivity index (χ1v) is 8.04. The van der Waals surface area contributed by atoms with Crippen molar-refractivity contribution in [3.8, 4) is 5.75 Å². The molecule has 0 aliphatic carbocycles. The molecule has 9 heteroatoms. The van der Waals surface area contributed by atoms with Crippen molar-refractivity contribution >= 4 is 41.6 Å². The van der Waals surface area contributed by atoms with Gasteiger partial charge in [-0.05, 0) is 43.4 Å². The minimum Gasteiger partial charge on any atom is -0.484 e. The summed E-state index contributed by atoms with van der Waals surface area (Å²) in [6.45, 7) is 2.01. The van der Waals surface area contributed by atoms with Gasteiger partial charge in [0.15, 0.2) is 0 Å². The number of aryl methyl sites for hydroxylation is 1. The second-order valence-electron chi connectivity index (χ2n) is 4.80. The molecule has 2 heterocycles. The average Bonchev–Trinajstić information content (AvgIpc) is 3.13. The van der Waals surface area contributed by atoms with Gasteiger partial charge in [0.05, 0.1) is 11.2 Å². The summed E-state index contributed by atoms with van der Waals surface area (Å²) in [6.07, 6.45) is 1.55. The van der Waals surface area contributed by atoms with Gasteiger partial charge in [-0.15, -0.1) is 0 Å². The predicted octanol–water partition coefficient (Wildman–Crippen LogP) is 4.61. The molecule has 0 aliphatic heterocycles. The van der Waals surface area contributed by atoms with Crippen molar-refractivity contribution in [3.05, 3.63) is 62.5 Å². The third kappa shape index (κ3) is 3.87. The molecule has 0 unspecified atom stereocenters. The van der Waals surface area contributed by atoms with Gasteiger partial charge in [0, 0.05) is 11.1 Å². The molecule has 1 aromatic carbocycles. The number of nitrogens with zero attached hydrogens (tertiary/aromatic N) is 3. The molecule has 1 N–H and O–H groups in total. The molecule has 0 bridgehead atoms. The molecule has 0 spiro atoms. The first-order chi connectivity index (χ1) is 11.5. The van der Waals surface area contributed by atoms with Crippen LogP contribution >= 0.6 is 35.4 Å². The maximum absolute atomic E-state index is 6.05. The molecule has 0 saturated carbocycles. The molecular formula is C15H12Cl2N4O2S. The van der Waals surface area contributed by atoms with Gasteiger partial charge in [0.2, 0.25) is 4.77 Å². The Morgan fingerprint density at radius 1 is 1.38 bits per heavy atom. The highest BCUT2D eigenvalue weighted by Crippen LogP contribution is 2.28. The lowest BCUT2D eigenvalue weighted by Gasteiger charge is -2.06. The summed E-state index contributed by atoms with van der Waals surface area (Å²) in [5.74, 6) is 2.34. The minimum atomic E-state index is 0.220. The fourth-order valence-corrected chi connectivity index (χ4v) is 2.46. The number of aromatic nitrogens is 3. The number of rotatable bonds is 5. The summed E-state index contributed by atoms with van der Waals surface area (Å²) in [4.78, 5) is 0. The lowest BCUT2D eigenvalue weighted by molar-refractivity contribution is 0.270. The van der Waals surface area contributed by atoms with E-state index in [0.717, 1.165) is 0 Å². The average molecular weight is 383 g/mol. The van der Waals surface area contributed by atoms with E-state index in [1.165, 1.54) is 4.68 Å². The van der Waals surface area contributed by atoms with Gasteiger partial charge < -0.3 is 9.15 Å². The molecule has 0 fully saturated rings. The molecular weight excluding hydrogens is 371 g/mol. The monoisotopic (exact) mass is 382 g/mol. The van der Waals surface area contributed by atoms with Crippen LogP contribution in [0.5, 0.6) is 5.75 Å². The van der Waals surface area contributed by atoms with E-state index < -0.39 is 0 Å². The van der Waals surface area contributed by atoms with Gasteiger partial charge in [0.25, 0.3) is 0 Å². The van der Waals surface area contributed by atoms with Gasteiger partial charge in [-0.25, -0.2) is 0 Å². The summed E-state index contributed by atoms with van der Waals surface area (Å²) >= 11 is 17.0. The number of benzene rings is 1. The fourth-order valence-electron chi connectivity index (χ4n) is 1.90. The highest BCUT2D eigenvalue weighted by Gasteiger charge is 2.06. The number of nitrogens with one attached hydrogen (secondary N) is 1. The molecule has 0 radical (unpaired) electrons. The highest BCUT2D eigenvalue weighted by molar-refractivity contribution is 7.71. The van der Waals surface area contributed by atoms with E-state index in [9.17, 15) is 0 Å². The van der Waals surface area contributed by atoms with Crippen molar-refractivity contribution in [2.24, 2.45) is 5.10 Å². The first kappa shape index (κ1) is 16.8. The quantitative estimate of drug-likeness (QED) is 0.516. The molecule has 124 valence electrons. The SMILES string of the molecule is Cc1n[nH]c(=S)n1/N=C/c1ccc(COc2cc(Cl)ccc2Cl)o1. The van der Waals surface area contributed by atoms with Crippen molar-refractivity contribution < 1.29 is 9.15 Å². The third-order valence-corrected chi connectivity index (χ3v) is 3.87. The van der Waals surface area contributed by atoms with Crippen molar-refractivity contribution in [1.82, 2.24) is 14.9 Å².